The number of Topliss-reactive ketones (excluding diaryl/α,β-unsaturated/α-hetero) is 1. The van der Waals surface area contributed by atoms with Crippen molar-refractivity contribution in [2.24, 2.45) is 0 Å². The molecule has 0 amide bonds. The lowest BCUT2D eigenvalue weighted by Crippen LogP contribution is -2.00. The first-order chi connectivity index (χ1) is 7.65. The van der Waals surface area contributed by atoms with Crippen LogP contribution < -0.4 is 0 Å². The minimum atomic E-state index is 0.0826. The van der Waals surface area contributed by atoms with Crippen molar-refractivity contribution in [3.63, 3.8) is 0 Å². The van der Waals surface area contributed by atoms with Crippen molar-refractivity contribution >= 4 is 40.3 Å². The fourth-order valence-corrected chi connectivity index (χ4v) is 2.45. The molecule has 0 bridgehead atoms. The second-order valence-electron chi connectivity index (χ2n) is 3.33. The standard InChI is InChI=1S/C12H8Cl2OS/c13-9-3-1-8(2-4-9)7-10(15)11-5-6-12(14)16-11/h1-6H,7H2. The predicted octanol–water partition coefficient (Wildman–Crippen LogP) is 4.48. The van der Waals surface area contributed by atoms with E-state index in [0.717, 1.165) is 5.56 Å². The highest BCUT2D eigenvalue weighted by atomic mass is 35.5. The van der Waals surface area contributed by atoms with Crippen LogP contribution in [-0.4, -0.2) is 5.78 Å². The lowest BCUT2D eigenvalue weighted by atomic mass is 10.1. The number of rotatable bonds is 3. The number of hydrogen-bond donors (Lipinski definition) is 0. The van der Waals surface area contributed by atoms with E-state index < -0.39 is 0 Å². The zero-order chi connectivity index (χ0) is 11.5. The van der Waals surface area contributed by atoms with Crippen molar-refractivity contribution in [2.75, 3.05) is 0 Å². The van der Waals surface area contributed by atoms with Crippen LogP contribution in [0.2, 0.25) is 9.36 Å². The summed E-state index contributed by atoms with van der Waals surface area (Å²) >= 11 is 12.9. The Morgan fingerprint density at radius 1 is 1.06 bits per heavy atom. The van der Waals surface area contributed by atoms with Crippen molar-refractivity contribution in [2.45, 2.75) is 6.42 Å². The molecule has 0 saturated carbocycles. The lowest BCUT2D eigenvalue weighted by Gasteiger charge is -1.99. The van der Waals surface area contributed by atoms with E-state index in [9.17, 15) is 4.79 Å². The molecule has 82 valence electrons. The Morgan fingerprint density at radius 3 is 2.31 bits per heavy atom. The molecule has 2 rings (SSSR count). The van der Waals surface area contributed by atoms with Crippen LogP contribution in [0, 0.1) is 0 Å². The molecule has 2 aromatic rings. The Bertz CT molecular complexity index is 502. The van der Waals surface area contributed by atoms with Crippen LogP contribution in [0.5, 0.6) is 0 Å². The van der Waals surface area contributed by atoms with Crippen molar-refractivity contribution in [3.8, 4) is 0 Å². The summed E-state index contributed by atoms with van der Waals surface area (Å²) in [5, 5.41) is 0.676. The smallest absolute Gasteiger partial charge is 0.177 e. The van der Waals surface area contributed by atoms with Crippen LogP contribution in [0.3, 0.4) is 0 Å². The second-order valence-corrected chi connectivity index (χ2v) is 5.48. The molecule has 16 heavy (non-hydrogen) atoms. The van der Waals surface area contributed by atoms with Gasteiger partial charge >= 0.3 is 0 Å². The van der Waals surface area contributed by atoms with Gasteiger partial charge in [0.15, 0.2) is 5.78 Å². The molecule has 0 fully saturated rings. The monoisotopic (exact) mass is 270 g/mol. The van der Waals surface area contributed by atoms with E-state index in [4.69, 9.17) is 23.2 Å². The van der Waals surface area contributed by atoms with Crippen molar-refractivity contribution in [3.05, 3.63) is 56.2 Å². The van der Waals surface area contributed by atoms with Crippen LogP contribution in [0.1, 0.15) is 15.2 Å². The fourth-order valence-electron chi connectivity index (χ4n) is 1.34. The van der Waals surface area contributed by atoms with Crippen molar-refractivity contribution in [1.82, 2.24) is 0 Å². The fraction of sp³-hybridized carbons (Fsp3) is 0.0833. The van der Waals surface area contributed by atoms with Gasteiger partial charge in [-0.3, -0.25) is 4.79 Å². The summed E-state index contributed by atoms with van der Waals surface area (Å²) in [4.78, 5) is 12.5. The number of ketones is 1. The topological polar surface area (TPSA) is 17.1 Å². The zero-order valence-electron chi connectivity index (χ0n) is 8.24. The van der Waals surface area contributed by atoms with Crippen LogP contribution in [0.25, 0.3) is 0 Å². The normalized spacial score (nSPS) is 10.4. The third kappa shape index (κ3) is 2.85. The highest BCUT2D eigenvalue weighted by Gasteiger charge is 2.09. The molecule has 1 aromatic heterocycles. The van der Waals surface area contributed by atoms with Gasteiger partial charge in [-0.1, -0.05) is 35.3 Å². The molecule has 0 N–H and O–H groups in total. The summed E-state index contributed by atoms with van der Waals surface area (Å²) < 4.78 is 0.638. The van der Waals surface area contributed by atoms with E-state index in [1.54, 1.807) is 24.3 Å². The number of carbonyl (C=O) groups is 1. The highest BCUT2D eigenvalue weighted by molar-refractivity contribution is 7.18. The first-order valence-corrected chi connectivity index (χ1v) is 6.25. The predicted molar refractivity (Wildman–Crippen MR) is 68.8 cm³/mol. The maximum atomic E-state index is 11.8. The second kappa shape index (κ2) is 5.00. The summed E-state index contributed by atoms with van der Waals surface area (Å²) in [6, 6.07) is 10.8. The molecule has 1 heterocycles. The highest BCUT2D eigenvalue weighted by Crippen LogP contribution is 2.23. The molecule has 0 aliphatic rings. The van der Waals surface area contributed by atoms with E-state index in [1.807, 2.05) is 12.1 Å². The number of hydrogen-bond acceptors (Lipinski definition) is 2. The SMILES string of the molecule is O=C(Cc1ccc(Cl)cc1)c1ccc(Cl)s1. The van der Waals surface area contributed by atoms with Gasteiger partial charge in [0.05, 0.1) is 9.21 Å². The van der Waals surface area contributed by atoms with Crippen molar-refractivity contribution < 1.29 is 4.79 Å². The van der Waals surface area contributed by atoms with Gasteiger partial charge in [0.25, 0.3) is 0 Å². The van der Waals surface area contributed by atoms with E-state index >= 15 is 0 Å². The number of benzene rings is 1. The molecule has 0 saturated heterocycles. The molecule has 0 aliphatic heterocycles. The quantitative estimate of drug-likeness (QED) is 0.752. The van der Waals surface area contributed by atoms with Crippen LogP contribution >= 0.6 is 34.5 Å². The number of carbonyl (C=O) groups excluding carboxylic acids is 1. The summed E-state index contributed by atoms with van der Waals surface area (Å²) in [6.07, 6.45) is 0.383. The van der Waals surface area contributed by atoms with E-state index in [1.165, 1.54) is 11.3 Å². The van der Waals surface area contributed by atoms with Gasteiger partial charge in [0, 0.05) is 11.4 Å². The van der Waals surface area contributed by atoms with Gasteiger partial charge in [0.2, 0.25) is 0 Å². The lowest BCUT2D eigenvalue weighted by molar-refractivity contribution is 0.0997. The van der Waals surface area contributed by atoms with Crippen LogP contribution in [-0.2, 0) is 6.42 Å². The minimum Gasteiger partial charge on any atom is -0.293 e. The average molecular weight is 271 g/mol. The van der Waals surface area contributed by atoms with Gasteiger partial charge in [-0.05, 0) is 29.8 Å². The summed E-state index contributed by atoms with van der Waals surface area (Å²) in [5.74, 6) is 0.0826. The average Bonchev–Trinajstić information content (AvgIpc) is 2.68. The molecule has 1 aromatic carbocycles. The summed E-state index contributed by atoms with van der Waals surface area (Å²) in [5.41, 5.74) is 0.957. The van der Waals surface area contributed by atoms with Gasteiger partial charge < -0.3 is 0 Å². The molecular weight excluding hydrogens is 263 g/mol. The zero-order valence-corrected chi connectivity index (χ0v) is 10.6. The molecule has 4 heteroatoms. The van der Waals surface area contributed by atoms with Gasteiger partial charge in [-0.25, -0.2) is 0 Å². The third-order valence-electron chi connectivity index (χ3n) is 2.13. The maximum Gasteiger partial charge on any atom is 0.177 e. The Morgan fingerprint density at radius 2 is 1.75 bits per heavy atom. The largest absolute Gasteiger partial charge is 0.293 e. The first-order valence-electron chi connectivity index (χ1n) is 4.68. The maximum absolute atomic E-state index is 11.8. The van der Waals surface area contributed by atoms with E-state index in [-0.39, 0.29) is 5.78 Å². The van der Waals surface area contributed by atoms with Gasteiger partial charge in [-0.15, -0.1) is 11.3 Å². The number of thiophene rings is 1. The molecule has 0 radical (unpaired) electrons. The van der Waals surface area contributed by atoms with Crippen LogP contribution in [0.4, 0.5) is 0 Å². The molecule has 0 atom stereocenters. The Balaban J connectivity index is 2.10. The molecule has 0 unspecified atom stereocenters. The van der Waals surface area contributed by atoms with Gasteiger partial charge in [0.1, 0.15) is 0 Å². The molecule has 1 nitrogen and oxygen atoms in total. The Labute approximate surface area is 108 Å². The van der Waals surface area contributed by atoms with Crippen LogP contribution in [0.15, 0.2) is 36.4 Å². The first kappa shape index (κ1) is 11.6. The van der Waals surface area contributed by atoms with E-state index in [2.05, 4.69) is 0 Å². The summed E-state index contributed by atoms with van der Waals surface area (Å²) in [7, 11) is 0. The Hall–Kier alpha value is -0.830. The van der Waals surface area contributed by atoms with E-state index in [0.29, 0.717) is 20.7 Å². The minimum absolute atomic E-state index is 0.0826. The van der Waals surface area contributed by atoms with Gasteiger partial charge in [-0.2, -0.15) is 0 Å². The van der Waals surface area contributed by atoms with Crippen molar-refractivity contribution in [1.29, 1.82) is 0 Å². The Kier molecular flexibility index (Phi) is 3.64. The molecule has 0 spiro atoms. The molecule has 0 aliphatic carbocycles. The third-order valence-corrected chi connectivity index (χ3v) is 3.65. The number of halogens is 2. The summed E-state index contributed by atoms with van der Waals surface area (Å²) in [6.45, 7) is 0. The molecular formula is C12H8Cl2OS.